The molecular weight excluding hydrogens is 286 g/mol. The summed E-state index contributed by atoms with van der Waals surface area (Å²) in [5, 5.41) is 7.29. The van der Waals surface area contributed by atoms with Gasteiger partial charge in [0.05, 0.1) is 24.5 Å². The third-order valence-corrected chi connectivity index (χ3v) is 3.02. The zero-order valence-corrected chi connectivity index (χ0v) is 12.1. The molecule has 1 unspecified atom stereocenters. The fourth-order valence-electron chi connectivity index (χ4n) is 1.47. The van der Waals surface area contributed by atoms with Gasteiger partial charge in [0.2, 0.25) is 0 Å². The first-order valence-electron chi connectivity index (χ1n) is 5.50. The predicted octanol–water partition coefficient (Wildman–Crippen LogP) is 2.03. The molecule has 0 aliphatic carbocycles. The molecule has 0 spiro atoms. The molecule has 6 heteroatoms. The van der Waals surface area contributed by atoms with Crippen LogP contribution < -0.4 is 10.9 Å². The van der Waals surface area contributed by atoms with Crippen LogP contribution in [-0.4, -0.2) is 29.5 Å². The first-order chi connectivity index (χ1) is 7.97. The van der Waals surface area contributed by atoms with Crippen molar-refractivity contribution < 1.29 is 4.74 Å². The standard InChI is InChI=1S/C11H18BrN3O2/c1-7(2)15-11(16)10(12)9(5-13-15)14-8(3)6-17-4/h5,7-8,14H,6H2,1-4H3. The van der Waals surface area contributed by atoms with E-state index in [1.54, 1.807) is 13.3 Å². The molecule has 0 aliphatic heterocycles. The maximum Gasteiger partial charge on any atom is 0.283 e. The van der Waals surface area contributed by atoms with E-state index in [2.05, 4.69) is 26.3 Å². The van der Waals surface area contributed by atoms with Gasteiger partial charge in [0.25, 0.3) is 5.56 Å². The Bertz CT molecular complexity index is 431. The smallest absolute Gasteiger partial charge is 0.283 e. The second kappa shape index (κ2) is 6.16. The molecule has 96 valence electrons. The van der Waals surface area contributed by atoms with Crippen LogP contribution in [0.5, 0.6) is 0 Å². The van der Waals surface area contributed by atoms with Crippen molar-refractivity contribution in [2.45, 2.75) is 32.9 Å². The molecule has 0 saturated carbocycles. The van der Waals surface area contributed by atoms with Crippen molar-refractivity contribution in [2.75, 3.05) is 19.0 Å². The first-order valence-corrected chi connectivity index (χ1v) is 6.29. The van der Waals surface area contributed by atoms with E-state index in [0.29, 0.717) is 16.8 Å². The van der Waals surface area contributed by atoms with E-state index < -0.39 is 0 Å². The van der Waals surface area contributed by atoms with Crippen molar-refractivity contribution in [2.24, 2.45) is 0 Å². The fraction of sp³-hybridized carbons (Fsp3) is 0.636. The highest BCUT2D eigenvalue weighted by molar-refractivity contribution is 9.10. The van der Waals surface area contributed by atoms with Gasteiger partial charge in [0.1, 0.15) is 4.47 Å². The number of anilines is 1. The van der Waals surface area contributed by atoms with Crippen LogP contribution in [0.2, 0.25) is 0 Å². The summed E-state index contributed by atoms with van der Waals surface area (Å²) >= 11 is 3.30. The van der Waals surface area contributed by atoms with Crippen LogP contribution in [0.4, 0.5) is 5.69 Å². The summed E-state index contributed by atoms with van der Waals surface area (Å²) < 4.78 is 6.97. The summed E-state index contributed by atoms with van der Waals surface area (Å²) in [5.41, 5.74) is 0.561. The fourth-order valence-corrected chi connectivity index (χ4v) is 1.87. The van der Waals surface area contributed by atoms with Gasteiger partial charge >= 0.3 is 0 Å². The SMILES string of the molecule is COCC(C)Nc1cnn(C(C)C)c(=O)c1Br. The molecule has 1 atom stereocenters. The molecular formula is C11H18BrN3O2. The third-order valence-electron chi connectivity index (χ3n) is 2.25. The molecule has 17 heavy (non-hydrogen) atoms. The van der Waals surface area contributed by atoms with Gasteiger partial charge in [-0.25, -0.2) is 4.68 Å². The Morgan fingerprint density at radius 2 is 2.18 bits per heavy atom. The number of hydrogen-bond acceptors (Lipinski definition) is 4. The van der Waals surface area contributed by atoms with Gasteiger partial charge in [-0.1, -0.05) is 0 Å². The minimum atomic E-state index is -0.130. The van der Waals surface area contributed by atoms with Gasteiger partial charge in [0.15, 0.2) is 0 Å². The zero-order valence-electron chi connectivity index (χ0n) is 10.5. The Balaban J connectivity index is 2.97. The van der Waals surface area contributed by atoms with Crippen LogP contribution in [0.25, 0.3) is 0 Å². The molecule has 0 fully saturated rings. The van der Waals surface area contributed by atoms with E-state index in [1.165, 1.54) is 4.68 Å². The first kappa shape index (κ1) is 14.2. The molecule has 1 heterocycles. The van der Waals surface area contributed by atoms with Crippen molar-refractivity contribution in [1.29, 1.82) is 0 Å². The van der Waals surface area contributed by atoms with E-state index in [-0.39, 0.29) is 17.6 Å². The second-order valence-corrected chi connectivity index (χ2v) is 5.01. The molecule has 0 aromatic carbocycles. The molecule has 0 amide bonds. The highest BCUT2D eigenvalue weighted by Crippen LogP contribution is 2.18. The van der Waals surface area contributed by atoms with E-state index in [1.807, 2.05) is 20.8 Å². The Morgan fingerprint density at radius 1 is 1.53 bits per heavy atom. The van der Waals surface area contributed by atoms with Crippen LogP contribution in [0, 0.1) is 0 Å². The van der Waals surface area contributed by atoms with Crippen molar-refractivity contribution >= 4 is 21.6 Å². The normalized spacial score (nSPS) is 12.8. The highest BCUT2D eigenvalue weighted by Gasteiger charge is 2.12. The topological polar surface area (TPSA) is 56.1 Å². The molecule has 5 nitrogen and oxygen atoms in total. The summed E-state index contributed by atoms with van der Waals surface area (Å²) in [4.78, 5) is 12.0. The lowest BCUT2D eigenvalue weighted by atomic mass is 10.3. The second-order valence-electron chi connectivity index (χ2n) is 4.22. The molecule has 1 aromatic rings. The number of ether oxygens (including phenoxy) is 1. The van der Waals surface area contributed by atoms with Crippen molar-refractivity contribution in [3.63, 3.8) is 0 Å². The summed E-state index contributed by atoms with van der Waals surface area (Å²) in [5.74, 6) is 0. The maximum atomic E-state index is 12.0. The number of halogens is 1. The maximum absolute atomic E-state index is 12.0. The highest BCUT2D eigenvalue weighted by atomic mass is 79.9. The van der Waals surface area contributed by atoms with Crippen LogP contribution >= 0.6 is 15.9 Å². The summed E-state index contributed by atoms with van der Waals surface area (Å²) in [6.07, 6.45) is 1.65. The number of hydrogen-bond donors (Lipinski definition) is 1. The molecule has 1 rings (SSSR count). The summed E-state index contributed by atoms with van der Waals surface area (Å²) in [6, 6.07) is 0.164. The van der Waals surface area contributed by atoms with Crippen LogP contribution in [0.1, 0.15) is 26.8 Å². The minimum absolute atomic E-state index is 0.0456. The van der Waals surface area contributed by atoms with Crippen molar-refractivity contribution in [3.8, 4) is 0 Å². The van der Waals surface area contributed by atoms with Gasteiger partial charge in [0, 0.05) is 13.2 Å². The van der Waals surface area contributed by atoms with Gasteiger partial charge in [-0.3, -0.25) is 4.79 Å². The molecule has 0 aliphatic rings. The van der Waals surface area contributed by atoms with E-state index in [0.717, 1.165) is 0 Å². The van der Waals surface area contributed by atoms with Gasteiger partial charge in [-0.2, -0.15) is 5.10 Å². The Kier molecular flexibility index (Phi) is 5.14. The molecule has 0 radical (unpaired) electrons. The van der Waals surface area contributed by atoms with Gasteiger partial charge in [-0.05, 0) is 36.7 Å². The predicted molar refractivity (Wildman–Crippen MR) is 71.5 cm³/mol. The number of nitrogens with zero attached hydrogens (tertiary/aromatic N) is 2. The van der Waals surface area contributed by atoms with Gasteiger partial charge < -0.3 is 10.1 Å². The number of rotatable bonds is 5. The lowest BCUT2D eigenvalue weighted by molar-refractivity contribution is 0.190. The average Bonchev–Trinajstić information content (AvgIpc) is 2.25. The van der Waals surface area contributed by atoms with Crippen LogP contribution in [-0.2, 0) is 4.74 Å². The number of nitrogens with one attached hydrogen (secondary N) is 1. The van der Waals surface area contributed by atoms with Gasteiger partial charge in [-0.15, -0.1) is 0 Å². The Labute approximate surface area is 109 Å². The van der Waals surface area contributed by atoms with Crippen LogP contribution in [0.3, 0.4) is 0 Å². The molecule has 0 saturated heterocycles. The Hall–Kier alpha value is -0.880. The summed E-state index contributed by atoms with van der Waals surface area (Å²) in [7, 11) is 1.64. The lowest BCUT2D eigenvalue weighted by Crippen LogP contribution is -2.28. The van der Waals surface area contributed by atoms with Crippen LogP contribution in [0.15, 0.2) is 15.5 Å². The van der Waals surface area contributed by atoms with Crippen molar-refractivity contribution in [1.82, 2.24) is 9.78 Å². The van der Waals surface area contributed by atoms with E-state index in [4.69, 9.17) is 4.74 Å². The zero-order chi connectivity index (χ0) is 13.0. The molecule has 1 aromatic heterocycles. The molecule has 1 N–H and O–H groups in total. The van der Waals surface area contributed by atoms with E-state index in [9.17, 15) is 4.79 Å². The lowest BCUT2D eigenvalue weighted by Gasteiger charge is -2.16. The Morgan fingerprint density at radius 3 is 2.71 bits per heavy atom. The minimum Gasteiger partial charge on any atom is -0.383 e. The summed E-state index contributed by atoms with van der Waals surface area (Å²) in [6.45, 7) is 6.38. The average molecular weight is 304 g/mol. The quantitative estimate of drug-likeness (QED) is 0.904. The number of aromatic nitrogens is 2. The van der Waals surface area contributed by atoms with E-state index >= 15 is 0 Å². The monoisotopic (exact) mass is 303 g/mol. The largest absolute Gasteiger partial charge is 0.383 e. The van der Waals surface area contributed by atoms with Crippen molar-refractivity contribution in [3.05, 3.63) is 21.0 Å². The third kappa shape index (κ3) is 3.54. The number of methoxy groups -OCH3 is 1. The molecule has 0 bridgehead atoms.